The van der Waals surface area contributed by atoms with Gasteiger partial charge in [-0.05, 0) is 26.3 Å². The second kappa shape index (κ2) is 5.07. The van der Waals surface area contributed by atoms with E-state index in [2.05, 4.69) is 20.7 Å². The van der Waals surface area contributed by atoms with Crippen molar-refractivity contribution in [3.05, 3.63) is 11.9 Å². The first-order valence-corrected chi connectivity index (χ1v) is 5.70. The number of piperidine rings is 1. The Kier molecular flexibility index (Phi) is 3.51. The van der Waals surface area contributed by atoms with E-state index in [0.29, 0.717) is 12.2 Å². The van der Waals surface area contributed by atoms with Gasteiger partial charge in [0.2, 0.25) is 0 Å². The van der Waals surface area contributed by atoms with Gasteiger partial charge in [-0.25, -0.2) is 0 Å². The van der Waals surface area contributed by atoms with Crippen LogP contribution in [0.4, 0.5) is 0 Å². The summed E-state index contributed by atoms with van der Waals surface area (Å²) in [7, 11) is 0. The number of rotatable bonds is 3. The van der Waals surface area contributed by atoms with E-state index in [0.717, 1.165) is 25.9 Å². The van der Waals surface area contributed by atoms with Crippen molar-refractivity contribution >= 4 is 5.91 Å². The van der Waals surface area contributed by atoms with Crippen LogP contribution in [0.15, 0.2) is 6.20 Å². The summed E-state index contributed by atoms with van der Waals surface area (Å²) in [5.74, 6) is -0.0371. The lowest BCUT2D eigenvalue weighted by atomic mass is 10.1. The molecule has 16 heavy (non-hydrogen) atoms. The topological polar surface area (TPSA) is 73.9 Å². The number of hydrogen-bond acceptors (Lipinski definition) is 4. The maximum absolute atomic E-state index is 12.1. The lowest BCUT2D eigenvalue weighted by Gasteiger charge is -2.33. The zero-order chi connectivity index (χ0) is 11.4. The van der Waals surface area contributed by atoms with Gasteiger partial charge in [0.05, 0.1) is 6.20 Å². The third kappa shape index (κ3) is 2.21. The van der Waals surface area contributed by atoms with E-state index in [4.69, 9.17) is 0 Å². The standard InChI is InChI=1S/C10H17N5O/c1-2-15(8-4-3-5-11-6-8)10(16)9-7-12-14-13-9/h7-8,11H,2-6H2,1H3,(H,12,13,14). The summed E-state index contributed by atoms with van der Waals surface area (Å²) in [5.41, 5.74) is 0.396. The highest BCUT2D eigenvalue weighted by molar-refractivity contribution is 5.92. The average molecular weight is 223 g/mol. The highest BCUT2D eigenvalue weighted by Crippen LogP contribution is 2.12. The fraction of sp³-hybridized carbons (Fsp3) is 0.700. The SMILES string of the molecule is CCN(C(=O)c1cn[nH]n1)C1CCCNC1. The van der Waals surface area contributed by atoms with Crippen molar-refractivity contribution in [1.82, 2.24) is 25.6 Å². The van der Waals surface area contributed by atoms with Gasteiger partial charge in [0.1, 0.15) is 0 Å². The van der Waals surface area contributed by atoms with Crippen LogP contribution in [0.25, 0.3) is 0 Å². The van der Waals surface area contributed by atoms with Crippen molar-refractivity contribution in [2.75, 3.05) is 19.6 Å². The van der Waals surface area contributed by atoms with Crippen molar-refractivity contribution in [3.8, 4) is 0 Å². The van der Waals surface area contributed by atoms with E-state index in [1.807, 2.05) is 11.8 Å². The molecule has 6 heteroatoms. The minimum absolute atomic E-state index is 0.0371. The number of amides is 1. The van der Waals surface area contributed by atoms with E-state index < -0.39 is 0 Å². The minimum atomic E-state index is -0.0371. The van der Waals surface area contributed by atoms with E-state index in [1.54, 1.807) is 0 Å². The molecule has 1 unspecified atom stereocenters. The minimum Gasteiger partial charge on any atom is -0.333 e. The summed E-state index contributed by atoms with van der Waals surface area (Å²) in [4.78, 5) is 14.0. The maximum atomic E-state index is 12.1. The normalized spacial score (nSPS) is 20.7. The third-order valence-electron chi connectivity index (χ3n) is 2.95. The van der Waals surface area contributed by atoms with Crippen molar-refractivity contribution in [3.63, 3.8) is 0 Å². The molecule has 0 aliphatic carbocycles. The predicted molar refractivity (Wildman–Crippen MR) is 59.0 cm³/mol. The second-order valence-electron chi connectivity index (χ2n) is 3.95. The van der Waals surface area contributed by atoms with E-state index in [-0.39, 0.29) is 11.9 Å². The highest BCUT2D eigenvalue weighted by atomic mass is 16.2. The molecule has 0 radical (unpaired) electrons. The third-order valence-corrected chi connectivity index (χ3v) is 2.95. The molecular weight excluding hydrogens is 206 g/mol. The van der Waals surface area contributed by atoms with Crippen molar-refractivity contribution in [2.45, 2.75) is 25.8 Å². The Morgan fingerprint density at radius 3 is 3.12 bits per heavy atom. The predicted octanol–water partition coefficient (Wildman–Crippen LogP) is 0.0188. The van der Waals surface area contributed by atoms with Crippen molar-refractivity contribution in [1.29, 1.82) is 0 Å². The van der Waals surface area contributed by atoms with Gasteiger partial charge in [0.15, 0.2) is 5.69 Å². The first-order chi connectivity index (χ1) is 7.83. The molecule has 2 N–H and O–H groups in total. The first-order valence-electron chi connectivity index (χ1n) is 5.70. The lowest BCUT2D eigenvalue weighted by molar-refractivity contribution is 0.0656. The number of carbonyl (C=O) groups is 1. The number of nitrogens with one attached hydrogen (secondary N) is 2. The fourth-order valence-corrected chi connectivity index (χ4v) is 2.12. The molecule has 1 fully saturated rings. The molecule has 1 saturated heterocycles. The van der Waals surface area contributed by atoms with Gasteiger partial charge in [-0.1, -0.05) is 0 Å². The highest BCUT2D eigenvalue weighted by Gasteiger charge is 2.25. The smallest absolute Gasteiger partial charge is 0.276 e. The summed E-state index contributed by atoms with van der Waals surface area (Å²) in [6.45, 7) is 4.62. The van der Waals surface area contributed by atoms with Gasteiger partial charge in [-0.15, -0.1) is 0 Å². The summed E-state index contributed by atoms with van der Waals surface area (Å²) < 4.78 is 0. The van der Waals surface area contributed by atoms with Gasteiger partial charge in [0.25, 0.3) is 5.91 Å². The molecule has 1 aromatic heterocycles. The Balaban J connectivity index is 2.06. The summed E-state index contributed by atoms with van der Waals surface area (Å²) in [5, 5.41) is 13.3. The van der Waals surface area contributed by atoms with Crippen LogP contribution < -0.4 is 5.32 Å². The number of likely N-dealkylation sites (N-methyl/N-ethyl adjacent to an activating group) is 1. The van der Waals surface area contributed by atoms with E-state index >= 15 is 0 Å². The van der Waals surface area contributed by atoms with Crippen molar-refractivity contribution < 1.29 is 4.79 Å². The van der Waals surface area contributed by atoms with Gasteiger partial charge in [-0.2, -0.15) is 15.4 Å². The van der Waals surface area contributed by atoms with Crippen LogP contribution >= 0.6 is 0 Å². The Hall–Kier alpha value is -1.43. The van der Waals surface area contributed by atoms with Crippen LogP contribution in [-0.4, -0.2) is 51.9 Å². The Morgan fingerprint density at radius 2 is 2.56 bits per heavy atom. The van der Waals surface area contributed by atoms with E-state index in [1.165, 1.54) is 6.20 Å². The summed E-state index contributed by atoms with van der Waals surface area (Å²) in [6.07, 6.45) is 3.65. The molecule has 2 rings (SSSR count). The molecule has 88 valence electrons. The second-order valence-corrected chi connectivity index (χ2v) is 3.95. The molecule has 0 bridgehead atoms. The maximum Gasteiger partial charge on any atom is 0.276 e. The zero-order valence-electron chi connectivity index (χ0n) is 9.44. The van der Waals surface area contributed by atoms with Crippen LogP contribution in [0.5, 0.6) is 0 Å². The fourth-order valence-electron chi connectivity index (χ4n) is 2.12. The number of aromatic nitrogens is 3. The van der Waals surface area contributed by atoms with Gasteiger partial charge in [-0.3, -0.25) is 4.79 Å². The number of hydrogen-bond donors (Lipinski definition) is 2. The van der Waals surface area contributed by atoms with Crippen LogP contribution in [0, 0.1) is 0 Å². The average Bonchev–Trinajstić information content (AvgIpc) is 2.85. The number of carbonyl (C=O) groups excluding carboxylic acids is 1. The molecule has 2 heterocycles. The molecule has 1 aliphatic rings. The molecule has 0 aromatic carbocycles. The van der Waals surface area contributed by atoms with Gasteiger partial charge >= 0.3 is 0 Å². The Labute approximate surface area is 94.4 Å². The van der Waals surface area contributed by atoms with E-state index in [9.17, 15) is 4.79 Å². The molecule has 1 aromatic rings. The van der Waals surface area contributed by atoms with Crippen LogP contribution in [0.1, 0.15) is 30.3 Å². The quantitative estimate of drug-likeness (QED) is 0.757. The van der Waals surface area contributed by atoms with Crippen LogP contribution in [0.2, 0.25) is 0 Å². The molecule has 1 aliphatic heterocycles. The molecule has 6 nitrogen and oxygen atoms in total. The zero-order valence-corrected chi connectivity index (χ0v) is 9.44. The Bertz CT molecular complexity index is 331. The molecule has 1 amide bonds. The molecule has 0 spiro atoms. The van der Waals surface area contributed by atoms with Crippen molar-refractivity contribution in [2.24, 2.45) is 0 Å². The number of nitrogens with zero attached hydrogens (tertiary/aromatic N) is 3. The van der Waals surface area contributed by atoms with Crippen LogP contribution in [0.3, 0.4) is 0 Å². The Morgan fingerprint density at radius 1 is 1.69 bits per heavy atom. The monoisotopic (exact) mass is 223 g/mol. The largest absolute Gasteiger partial charge is 0.333 e. The molecular formula is C10H17N5O. The molecule has 1 atom stereocenters. The molecule has 0 saturated carbocycles. The van der Waals surface area contributed by atoms with Crippen LogP contribution in [-0.2, 0) is 0 Å². The van der Waals surface area contributed by atoms with Gasteiger partial charge in [0, 0.05) is 19.1 Å². The summed E-state index contributed by atoms with van der Waals surface area (Å²) in [6, 6.07) is 0.281. The first kappa shape index (κ1) is 11.1. The lowest BCUT2D eigenvalue weighted by Crippen LogP contribution is -2.48. The van der Waals surface area contributed by atoms with Gasteiger partial charge < -0.3 is 10.2 Å². The summed E-state index contributed by atoms with van der Waals surface area (Å²) >= 11 is 0. The number of H-pyrrole nitrogens is 1. The number of aromatic amines is 1.